The first-order chi connectivity index (χ1) is 13.1. The lowest BCUT2D eigenvalue weighted by Crippen LogP contribution is -2.49. The number of nitrogens with zero attached hydrogens (tertiary/aromatic N) is 1. The van der Waals surface area contributed by atoms with Crippen molar-refractivity contribution in [2.24, 2.45) is 5.73 Å². The lowest BCUT2D eigenvalue weighted by Gasteiger charge is -2.37. The summed E-state index contributed by atoms with van der Waals surface area (Å²) in [6.45, 7) is -1.44. The van der Waals surface area contributed by atoms with E-state index in [1.54, 1.807) is 13.0 Å². The van der Waals surface area contributed by atoms with Crippen LogP contribution >= 0.6 is 0 Å². The average molecular weight is 400 g/mol. The molecule has 0 saturated carbocycles. The first-order valence-corrected chi connectivity index (χ1v) is 8.41. The van der Waals surface area contributed by atoms with Crippen LogP contribution in [0, 0.1) is 0 Å². The van der Waals surface area contributed by atoms with Crippen molar-refractivity contribution in [1.29, 1.82) is 0 Å². The van der Waals surface area contributed by atoms with Gasteiger partial charge in [0.05, 0.1) is 17.6 Å². The summed E-state index contributed by atoms with van der Waals surface area (Å²) >= 11 is 0. The fourth-order valence-electron chi connectivity index (χ4n) is 3.26. The Balaban J connectivity index is 2.04. The largest absolute Gasteiger partial charge is 0.435 e. The predicted molar refractivity (Wildman–Crippen MR) is 92.1 cm³/mol. The van der Waals surface area contributed by atoms with E-state index in [-0.39, 0.29) is 17.9 Å². The maximum absolute atomic E-state index is 13.1. The standard InChI is InChI=1S/C19H17F5N2O2/c1-10(11-3-2-4-14(7-11)28-18(20)21)26-16-9-13(19(22,23)24)6-5-12(16)8-15(25)17(26)27/h2-7,9-10,15,18H,8,25H2,1H3/t10-,15+/m0/s1. The van der Waals surface area contributed by atoms with Crippen LogP contribution in [-0.2, 0) is 17.4 Å². The molecule has 0 aromatic heterocycles. The molecule has 1 amide bonds. The molecule has 3 rings (SSSR count). The highest BCUT2D eigenvalue weighted by Gasteiger charge is 2.37. The van der Waals surface area contributed by atoms with E-state index in [0.29, 0.717) is 11.1 Å². The number of hydrogen-bond donors (Lipinski definition) is 1. The molecule has 2 N–H and O–H groups in total. The molecule has 28 heavy (non-hydrogen) atoms. The zero-order valence-corrected chi connectivity index (χ0v) is 14.7. The van der Waals surface area contributed by atoms with E-state index in [9.17, 15) is 26.7 Å². The van der Waals surface area contributed by atoms with Crippen LogP contribution in [0.5, 0.6) is 5.75 Å². The molecular formula is C19H17F5N2O2. The number of hydrogen-bond acceptors (Lipinski definition) is 3. The van der Waals surface area contributed by atoms with Gasteiger partial charge in [-0.2, -0.15) is 22.0 Å². The summed E-state index contributed by atoms with van der Waals surface area (Å²) < 4.78 is 68.7. The van der Waals surface area contributed by atoms with Crippen molar-refractivity contribution in [1.82, 2.24) is 0 Å². The highest BCUT2D eigenvalue weighted by Crippen LogP contribution is 2.39. The van der Waals surface area contributed by atoms with Crippen LogP contribution in [0.1, 0.15) is 29.7 Å². The maximum atomic E-state index is 13.1. The molecule has 0 radical (unpaired) electrons. The van der Waals surface area contributed by atoms with E-state index in [1.807, 2.05) is 0 Å². The number of ether oxygens (including phenoxy) is 1. The molecule has 1 aliphatic heterocycles. The Morgan fingerprint density at radius 2 is 1.89 bits per heavy atom. The Kier molecular flexibility index (Phi) is 5.29. The molecular weight excluding hydrogens is 383 g/mol. The van der Waals surface area contributed by atoms with Crippen LogP contribution in [0.3, 0.4) is 0 Å². The van der Waals surface area contributed by atoms with Crippen LogP contribution in [-0.4, -0.2) is 18.6 Å². The summed E-state index contributed by atoms with van der Waals surface area (Å²) in [5.74, 6) is -0.656. The highest BCUT2D eigenvalue weighted by molar-refractivity contribution is 6.00. The molecule has 0 saturated heterocycles. The summed E-state index contributed by atoms with van der Waals surface area (Å²) in [6, 6.07) is 7.18. The van der Waals surface area contributed by atoms with E-state index >= 15 is 0 Å². The number of halogens is 5. The fraction of sp³-hybridized carbons (Fsp3) is 0.316. The molecule has 0 fully saturated rings. The number of amides is 1. The van der Waals surface area contributed by atoms with Gasteiger partial charge in [0.25, 0.3) is 0 Å². The van der Waals surface area contributed by atoms with Gasteiger partial charge in [0.2, 0.25) is 5.91 Å². The highest BCUT2D eigenvalue weighted by atomic mass is 19.4. The van der Waals surface area contributed by atoms with Crippen LogP contribution in [0.2, 0.25) is 0 Å². The van der Waals surface area contributed by atoms with Crippen LogP contribution in [0.15, 0.2) is 42.5 Å². The number of fused-ring (bicyclic) bond motifs is 1. The average Bonchev–Trinajstić information content (AvgIpc) is 2.61. The lowest BCUT2D eigenvalue weighted by atomic mass is 9.93. The van der Waals surface area contributed by atoms with Crippen LogP contribution in [0.25, 0.3) is 0 Å². The predicted octanol–water partition coefficient (Wildman–Crippen LogP) is 4.28. The maximum Gasteiger partial charge on any atom is 0.416 e. The minimum atomic E-state index is -4.57. The van der Waals surface area contributed by atoms with Gasteiger partial charge in [0, 0.05) is 5.69 Å². The van der Waals surface area contributed by atoms with Gasteiger partial charge < -0.3 is 15.4 Å². The number of benzene rings is 2. The quantitative estimate of drug-likeness (QED) is 0.780. The summed E-state index contributed by atoms with van der Waals surface area (Å²) in [5.41, 5.74) is 6.03. The van der Waals surface area contributed by atoms with Crippen molar-refractivity contribution < 1.29 is 31.5 Å². The molecule has 0 unspecified atom stereocenters. The van der Waals surface area contributed by atoms with Crippen molar-refractivity contribution in [2.75, 3.05) is 4.90 Å². The SMILES string of the molecule is C[C@@H](c1cccc(OC(F)F)c1)N1C(=O)[C@H](N)Cc2ccc(C(F)(F)F)cc21. The molecule has 2 aromatic carbocycles. The molecule has 9 heteroatoms. The Hall–Kier alpha value is -2.68. The molecule has 2 aromatic rings. The lowest BCUT2D eigenvalue weighted by molar-refractivity contribution is -0.137. The minimum Gasteiger partial charge on any atom is -0.435 e. The molecule has 0 spiro atoms. The van der Waals surface area contributed by atoms with E-state index in [4.69, 9.17) is 5.73 Å². The number of rotatable bonds is 4. The second-order valence-corrected chi connectivity index (χ2v) is 6.49. The van der Waals surface area contributed by atoms with E-state index < -0.39 is 36.3 Å². The Labute approximate surface area is 157 Å². The second-order valence-electron chi connectivity index (χ2n) is 6.49. The molecule has 0 aliphatic carbocycles. The summed E-state index contributed by atoms with van der Waals surface area (Å²) in [4.78, 5) is 13.9. The van der Waals surface area contributed by atoms with E-state index in [0.717, 1.165) is 12.1 Å². The number of nitrogens with two attached hydrogens (primary N) is 1. The van der Waals surface area contributed by atoms with Crippen molar-refractivity contribution in [2.45, 2.75) is 38.2 Å². The van der Waals surface area contributed by atoms with Crippen molar-refractivity contribution in [3.8, 4) is 5.75 Å². The van der Waals surface area contributed by atoms with Gasteiger partial charge in [-0.05, 0) is 48.7 Å². The zero-order chi connectivity index (χ0) is 20.6. The third-order valence-electron chi connectivity index (χ3n) is 4.62. The smallest absolute Gasteiger partial charge is 0.416 e. The Bertz CT molecular complexity index is 885. The molecule has 0 bridgehead atoms. The van der Waals surface area contributed by atoms with E-state index in [1.165, 1.54) is 29.2 Å². The second kappa shape index (κ2) is 7.38. The van der Waals surface area contributed by atoms with Gasteiger partial charge in [-0.1, -0.05) is 18.2 Å². The zero-order valence-electron chi connectivity index (χ0n) is 14.7. The molecule has 4 nitrogen and oxygen atoms in total. The third-order valence-corrected chi connectivity index (χ3v) is 4.62. The monoisotopic (exact) mass is 400 g/mol. The van der Waals surface area contributed by atoms with Crippen molar-refractivity contribution in [3.63, 3.8) is 0 Å². The van der Waals surface area contributed by atoms with Gasteiger partial charge in [-0.3, -0.25) is 4.79 Å². The van der Waals surface area contributed by atoms with Crippen molar-refractivity contribution in [3.05, 3.63) is 59.2 Å². The molecule has 2 atom stereocenters. The minimum absolute atomic E-state index is 0.106. The Morgan fingerprint density at radius 3 is 2.54 bits per heavy atom. The molecule has 150 valence electrons. The van der Waals surface area contributed by atoms with Crippen molar-refractivity contribution >= 4 is 11.6 Å². The van der Waals surface area contributed by atoms with Crippen LogP contribution in [0.4, 0.5) is 27.6 Å². The first-order valence-electron chi connectivity index (χ1n) is 8.41. The van der Waals surface area contributed by atoms with E-state index in [2.05, 4.69) is 4.74 Å². The van der Waals surface area contributed by atoms with Gasteiger partial charge in [0.1, 0.15) is 5.75 Å². The first kappa shape index (κ1) is 20.1. The van der Waals surface area contributed by atoms with Gasteiger partial charge >= 0.3 is 12.8 Å². The molecule has 1 heterocycles. The number of carbonyl (C=O) groups is 1. The summed E-state index contributed by atoms with van der Waals surface area (Å²) in [5, 5.41) is 0. The van der Waals surface area contributed by atoms with Gasteiger partial charge in [-0.15, -0.1) is 0 Å². The number of alkyl halides is 5. The topological polar surface area (TPSA) is 55.6 Å². The molecule has 1 aliphatic rings. The normalized spacial score (nSPS) is 18.2. The van der Waals surface area contributed by atoms with Gasteiger partial charge in [-0.25, -0.2) is 0 Å². The van der Waals surface area contributed by atoms with Crippen LogP contribution < -0.4 is 15.4 Å². The Morgan fingerprint density at radius 1 is 1.18 bits per heavy atom. The summed E-state index contributed by atoms with van der Waals surface area (Å²) in [6.07, 6.45) is -4.46. The fourth-order valence-corrected chi connectivity index (χ4v) is 3.26. The van der Waals surface area contributed by atoms with Gasteiger partial charge in [0.15, 0.2) is 0 Å². The third kappa shape index (κ3) is 3.94. The summed E-state index contributed by atoms with van der Waals surface area (Å²) in [7, 11) is 0. The number of carbonyl (C=O) groups excluding carboxylic acids is 1. The number of anilines is 1.